The minimum absolute atomic E-state index is 0.222. The molecule has 0 aromatic heterocycles. The monoisotopic (exact) mass is 210 g/mol. The molecule has 0 fully saturated rings. The van der Waals surface area contributed by atoms with Gasteiger partial charge in [-0.05, 0) is 25.7 Å². The lowest BCUT2D eigenvalue weighted by Crippen LogP contribution is -2.29. The molecule has 15 heavy (non-hydrogen) atoms. The van der Waals surface area contributed by atoms with Crippen molar-refractivity contribution in [2.45, 2.75) is 47.0 Å². The normalized spacial score (nSPS) is 16.9. The van der Waals surface area contributed by atoms with Gasteiger partial charge in [-0.1, -0.05) is 39.3 Å². The van der Waals surface area contributed by atoms with Crippen molar-refractivity contribution in [1.29, 1.82) is 0 Å². The van der Waals surface area contributed by atoms with Crippen molar-refractivity contribution in [1.82, 2.24) is 0 Å². The highest BCUT2D eigenvalue weighted by Crippen LogP contribution is 2.34. The summed E-state index contributed by atoms with van der Waals surface area (Å²) in [6, 6.07) is 0. The maximum absolute atomic E-state index is 4.28. The van der Waals surface area contributed by atoms with Crippen molar-refractivity contribution < 1.29 is 4.58 Å². The molecule has 0 aliphatic carbocycles. The van der Waals surface area contributed by atoms with E-state index in [2.05, 4.69) is 41.0 Å². The van der Waals surface area contributed by atoms with Gasteiger partial charge in [-0.3, -0.25) is 0 Å². The van der Waals surface area contributed by atoms with E-state index < -0.39 is 0 Å². The second kappa shape index (κ2) is 6.09. The maximum atomic E-state index is 4.28. The molecule has 0 saturated heterocycles. The van der Waals surface area contributed by atoms with E-state index in [0.717, 1.165) is 25.3 Å². The van der Waals surface area contributed by atoms with Gasteiger partial charge in [0.05, 0.1) is 0 Å². The molecule has 1 heteroatoms. The maximum Gasteiger partial charge on any atom is 0.150 e. The Kier molecular flexibility index (Phi) is 5.85. The zero-order valence-corrected chi connectivity index (χ0v) is 11.3. The molecule has 88 valence electrons. The summed E-state index contributed by atoms with van der Waals surface area (Å²) in [4.78, 5) is 0. The van der Waals surface area contributed by atoms with Crippen molar-refractivity contribution in [3.8, 4) is 0 Å². The second-order valence-corrected chi connectivity index (χ2v) is 5.25. The van der Waals surface area contributed by atoms with Crippen LogP contribution < -0.4 is 0 Å². The molecule has 0 aliphatic heterocycles. The summed E-state index contributed by atoms with van der Waals surface area (Å²) in [6.45, 7) is 18.3. The minimum Gasteiger partial charge on any atom is -0.244 e. The first-order valence-electron chi connectivity index (χ1n) is 6.05. The van der Waals surface area contributed by atoms with Crippen molar-refractivity contribution in [2.24, 2.45) is 11.3 Å². The highest BCUT2D eigenvalue weighted by molar-refractivity contribution is 5.15. The quantitative estimate of drug-likeness (QED) is 0.342. The molecule has 1 nitrogen and oxygen atoms in total. The van der Waals surface area contributed by atoms with Crippen LogP contribution in [-0.4, -0.2) is 24.9 Å². The molecule has 0 aromatic rings. The Labute approximate surface area is 95.9 Å². The molecule has 0 aliphatic rings. The highest BCUT2D eigenvalue weighted by atomic mass is 14.9. The third-order valence-corrected chi connectivity index (χ3v) is 3.54. The number of rotatable bonds is 7. The molecule has 0 aromatic carbocycles. The minimum atomic E-state index is 0.222. The topological polar surface area (TPSA) is 3.01 Å². The predicted octanol–water partition coefficient (Wildman–Crippen LogP) is 3.74. The highest BCUT2D eigenvalue weighted by Gasteiger charge is 2.29. The lowest BCUT2D eigenvalue weighted by atomic mass is 9.76. The molecule has 2 atom stereocenters. The van der Waals surface area contributed by atoms with Gasteiger partial charge in [0.1, 0.15) is 13.8 Å². The lowest BCUT2D eigenvalue weighted by Gasteiger charge is -2.29. The summed E-state index contributed by atoms with van der Waals surface area (Å²) in [5.41, 5.74) is 1.61. The van der Waals surface area contributed by atoms with Crippen LogP contribution in [0.15, 0.2) is 12.2 Å². The lowest BCUT2D eigenvalue weighted by molar-refractivity contribution is -0.502. The Morgan fingerprint density at radius 1 is 1.40 bits per heavy atom. The average molecular weight is 210 g/mol. The first-order chi connectivity index (χ1) is 6.85. The number of nitrogens with zero attached hydrogens (tertiary/aromatic N) is 1. The van der Waals surface area contributed by atoms with E-state index in [1.165, 1.54) is 12.0 Å². The number of hydrogen-bond donors (Lipinski definition) is 0. The SMILES string of the molecule is C=C(CC(C)CC)C(C)(CC)C[N+](=C)C. The van der Waals surface area contributed by atoms with Crippen LogP contribution in [0.5, 0.6) is 0 Å². The van der Waals surface area contributed by atoms with E-state index in [-0.39, 0.29) is 5.41 Å². The molecular weight excluding hydrogens is 182 g/mol. The zero-order valence-electron chi connectivity index (χ0n) is 11.3. The van der Waals surface area contributed by atoms with Gasteiger partial charge in [-0.25, -0.2) is 4.58 Å². The van der Waals surface area contributed by atoms with Crippen LogP contribution in [0.3, 0.4) is 0 Å². The van der Waals surface area contributed by atoms with Gasteiger partial charge in [0.25, 0.3) is 0 Å². The Morgan fingerprint density at radius 2 is 1.93 bits per heavy atom. The third kappa shape index (κ3) is 4.63. The average Bonchev–Trinajstić information content (AvgIpc) is 2.16. The van der Waals surface area contributed by atoms with Gasteiger partial charge in [0.15, 0.2) is 6.54 Å². The Balaban J connectivity index is 4.50. The predicted molar refractivity (Wildman–Crippen MR) is 69.8 cm³/mol. The van der Waals surface area contributed by atoms with Gasteiger partial charge in [-0.2, -0.15) is 0 Å². The van der Waals surface area contributed by atoms with Gasteiger partial charge >= 0.3 is 0 Å². The molecule has 0 saturated carbocycles. The van der Waals surface area contributed by atoms with Crippen LogP contribution >= 0.6 is 0 Å². The van der Waals surface area contributed by atoms with E-state index in [4.69, 9.17) is 0 Å². The summed E-state index contributed by atoms with van der Waals surface area (Å²) in [7, 11) is 2.03. The van der Waals surface area contributed by atoms with E-state index in [9.17, 15) is 0 Å². The Morgan fingerprint density at radius 3 is 2.27 bits per heavy atom. The van der Waals surface area contributed by atoms with Crippen molar-refractivity contribution in [3.63, 3.8) is 0 Å². The summed E-state index contributed by atoms with van der Waals surface area (Å²) in [5, 5.41) is 0. The summed E-state index contributed by atoms with van der Waals surface area (Å²) in [5.74, 6) is 0.749. The van der Waals surface area contributed by atoms with E-state index in [1.807, 2.05) is 11.6 Å². The number of hydrogen-bond acceptors (Lipinski definition) is 0. The zero-order chi connectivity index (χ0) is 12.1. The molecular formula is C14H28N+. The Hall–Kier alpha value is -0.590. The van der Waals surface area contributed by atoms with Gasteiger partial charge in [0, 0.05) is 5.41 Å². The van der Waals surface area contributed by atoms with E-state index in [1.54, 1.807) is 0 Å². The summed E-state index contributed by atoms with van der Waals surface area (Å²) < 4.78 is 2.02. The van der Waals surface area contributed by atoms with Crippen LogP contribution in [0, 0.1) is 11.3 Å². The van der Waals surface area contributed by atoms with Crippen LogP contribution in [-0.2, 0) is 0 Å². The fourth-order valence-electron chi connectivity index (χ4n) is 1.88. The fraction of sp³-hybridized carbons (Fsp3) is 0.786. The van der Waals surface area contributed by atoms with Gasteiger partial charge in [0.2, 0.25) is 0 Å². The fourth-order valence-corrected chi connectivity index (χ4v) is 1.88. The van der Waals surface area contributed by atoms with Crippen LogP contribution in [0.25, 0.3) is 0 Å². The molecule has 2 unspecified atom stereocenters. The van der Waals surface area contributed by atoms with E-state index >= 15 is 0 Å². The van der Waals surface area contributed by atoms with Crippen LogP contribution in [0.4, 0.5) is 0 Å². The largest absolute Gasteiger partial charge is 0.244 e. The second-order valence-electron chi connectivity index (χ2n) is 5.25. The first-order valence-corrected chi connectivity index (χ1v) is 6.05. The van der Waals surface area contributed by atoms with E-state index in [0.29, 0.717) is 0 Å². The molecule has 0 N–H and O–H groups in total. The summed E-state index contributed by atoms with van der Waals surface area (Å²) >= 11 is 0. The third-order valence-electron chi connectivity index (χ3n) is 3.54. The van der Waals surface area contributed by atoms with Crippen LogP contribution in [0.2, 0.25) is 0 Å². The Bertz CT molecular complexity index is 229. The van der Waals surface area contributed by atoms with Crippen molar-refractivity contribution >= 4 is 6.72 Å². The van der Waals surface area contributed by atoms with Crippen LogP contribution in [0.1, 0.15) is 47.0 Å². The molecule has 0 radical (unpaired) electrons. The molecule has 0 bridgehead atoms. The van der Waals surface area contributed by atoms with Crippen molar-refractivity contribution in [3.05, 3.63) is 12.2 Å². The molecule has 0 rings (SSSR count). The first kappa shape index (κ1) is 14.4. The molecule has 0 heterocycles. The molecule has 0 amide bonds. The summed E-state index contributed by atoms with van der Waals surface area (Å²) in [6.07, 6.45) is 3.52. The standard InChI is InChI=1S/C14H28N/c1-8-12(3)10-13(4)14(5,9-2)11-15(6)7/h12H,4,6,8-11H2,1-3,5,7H3/q+1. The van der Waals surface area contributed by atoms with Crippen molar-refractivity contribution in [2.75, 3.05) is 13.6 Å². The van der Waals surface area contributed by atoms with Gasteiger partial charge < -0.3 is 0 Å². The molecule has 0 spiro atoms. The van der Waals surface area contributed by atoms with Gasteiger partial charge in [-0.15, -0.1) is 0 Å². The smallest absolute Gasteiger partial charge is 0.150 e.